The SMILES string of the molecule is Cc1nn2c(N3CCN(CCO)CC3)cc(-c3cccc(CCCCCCCNC(=O)CC45CCC(C4)C5)c3)nc2c1-c1ccccc1. The van der Waals surface area contributed by atoms with Gasteiger partial charge in [0.25, 0.3) is 0 Å². The molecule has 8 heteroatoms. The Morgan fingerprint density at radius 3 is 2.48 bits per heavy atom. The monoisotopic (exact) mass is 648 g/mol. The Morgan fingerprint density at radius 2 is 1.71 bits per heavy atom. The Morgan fingerprint density at radius 1 is 0.938 bits per heavy atom. The smallest absolute Gasteiger partial charge is 0.220 e. The van der Waals surface area contributed by atoms with Crippen LogP contribution in [0.1, 0.15) is 75.5 Å². The maximum absolute atomic E-state index is 12.4. The summed E-state index contributed by atoms with van der Waals surface area (Å²) in [6.45, 7) is 7.40. The number of fused-ring (bicyclic) bond motifs is 2. The number of nitrogens with zero attached hydrogens (tertiary/aromatic N) is 5. The second kappa shape index (κ2) is 14.8. The third-order valence-corrected chi connectivity index (χ3v) is 11.2. The number of carbonyl (C=O) groups is 1. The first-order valence-corrected chi connectivity index (χ1v) is 18.4. The molecule has 1 aliphatic heterocycles. The van der Waals surface area contributed by atoms with E-state index in [4.69, 9.17) is 10.1 Å². The van der Waals surface area contributed by atoms with Crippen molar-refractivity contribution in [2.75, 3.05) is 50.8 Å². The summed E-state index contributed by atoms with van der Waals surface area (Å²) in [5.74, 6) is 2.26. The van der Waals surface area contributed by atoms with Gasteiger partial charge < -0.3 is 15.3 Å². The van der Waals surface area contributed by atoms with Crippen LogP contribution in [0.3, 0.4) is 0 Å². The average molecular weight is 649 g/mol. The van der Waals surface area contributed by atoms with Gasteiger partial charge in [-0.3, -0.25) is 9.69 Å². The number of β-amino-alcohol motifs (C(OH)–C–C–N with tert-alkyl or cyclic N) is 1. The number of benzene rings is 2. The Labute approximate surface area is 285 Å². The third-order valence-electron chi connectivity index (χ3n) is 11.2. The predicted octanol–water partition coefficient (Wildman–Crippen LogP) is 6.68. The van der Waals surface area contributed by atoms with Crippen LogP contribution in [0.4, 0.5) is 5.82 Å². The summed E-state index contributed by atoms with van der Waals surface area (Å²) in [5.41, 5.74) is 7.90. The fraction of sp³-hybridized carbons (Fsp3) is 0.525. The van der Waals surface area contributed by atoms with Gasteiger partial charge in [0, 0.05) is 62.9 Å². The van der Waals surface area contributed by atoms with Gasteiger partial charge in [-0.05, 0) is 80.4 Å². The number of hydrogen-bond acceptors (Lipinski definition) is 6. The predicted molar refractivity (Wildman–Crippen MR) is 193 cm³/mol. The zero-order chi connectivity index (χ0) is 32.9. The van der Waals surface area contributed by atoms with E-state index < -0.39 is 0 Å². The Hall–Kier alpha value is -3.75. The maximum Gasteiger partial charge on any atom is 0.220 e. The molecular formula is C40H52N6O2. The van der Waals surface area contributed by atoms with E-state index in [0.29, 0.717) is 5.41 Å². The molecule has 3 heterocycles. The van der Waals surface area contributed by atoms with Crippen molar-refractivity contribution in [2.24, 2.45) is 11.3 Å². The van der Waals surface area contributed by atoms with E-state index >= 15 is 0 Å². The summed E-state index contributed by atoms with van der Waals surface area (Å²) in [5, 5.41) is 17.7. The Kier molecular flexibility index (Phi) is 10.1. The minimum Gasteiger partial charge on any atom is -0.395 e. The van der Waals surface area contributed by atoms with Gasteiger partial charge >= 0.3 is 0 Å². The number of piperazine rings is 1. The third kappa shape index (κ3) is 7.30. The molecule has 2 aromatic carbocycles. The highest BCUT2D eigenvalue weighted by atomic mass is 16.3. The maximum atomic E-state index is 12.4. The highest BCUT2D eigenvalue weighted by Gasteiger charge is 2.50. The number of rotatable bonds is 15. The number of unbranched alkanes of at least 4 members (excludes halogenated alkanes) is 4. The van der Waals surface area contributed by atoms with Crippen molar-refractivity contribution in [1.82, 2.24) is 24.8 Å². The van der Waals surface area contributed by atoms with Gasteiger partial charge in [0.1, 0.15) is 5.82 Å². The molecule has 3 saturated carbocycles. The minimum atomic E-state index is 0.194. The second-order valence-corrected chi connectivity index (χ2v) is 14.7. The van der Waals surface area contributed by atoms with Crippen molar-refractivity contribution in [3.8, 4) is 22.4 Å². The molecule has 48 heavy (non-hydrogen) atoms. The van der Waals surface area contributed by atoms with Crippen LogP contribution in [-0.4, -0.2) is 76.4 Å². The van der Waals surface area contributed by atoms with E-state index in [1.807, 2.05) is 10.6 Å². The lowest BCUT2D eigenvalue weighted by atomic mass is 9.67. The van der Waals surface area contributed by atoms with Crippen molar-refractivity contribution in [2.45, 2.75) is 77.6 Å². The summed E-state index contributed by atoms with van der Waals surface area (Å²) in [6.07, 6.45) is 12.8. The molecular weight excluding hydrogens is 596 g/mol. The molecule has 2 N–H and O–H groups in total. The standard InChI is InChI=1S/C40H52N6O2/c1-30-38(33-13-7-5-8-14-33)39-42-35(26-37(46(39)43-30)45-21-19-44(20-22-45)23-24-47)34-15-10-12-31(25-34)11-6-3-2-4-9-18-41-36(48)29-40-17-16-32(27-40)28-40/h5,7-8,10,12-15,25-26,32,47H,2-4,6,9,11,16-24,27-29H2,1H3,(H,41,48). The summed E-state index contributed by atoms with van der Waals surface area (Å²) in [7, 11) is 0. The molecule has 2 bridgehead atoms. The molecule has 0 radical (unpaired) electrons. The molecule has 8 nitrogen and oxygen atoms in total. The Bertz CT molecular complexity index is 1680. The Balaban J connectivity index is 0.986. The van der Waals surface area contributed by atoms with Crippen LogP contribution in [-0.2, 0) is 11.2 Å². The van der Waals surface area contributed by atoms with Gasteiger partial charge in [0.15, 0.2) is 5.65 Å². The van der Waals surface area contributed by atoms with Gasteiger partial charge in [0.05, 0.1) is 18.0 Å². The van der Waals surface area contributed by atoms with Crippen molar-refractivity contribution in [3.05, 3.63) is 71.9 Å². The fourth-order valence-corrected chi connectivity index (χ4v) is 8.58. The van der Waals surface area contributed by atoms with E-state index in [-0.39, 0.29) is 12.5 Å². The summed E-state index contributed by atoms with van der Waals surface area (Å²) < 4.78 is 2.04. The van der Waals surface area contributed by atoms with Crippen LogP contribution >= 0.6 is 0 Å². The van der Waals surface area contributed by atoms with E-state index in [0.717, 1.165) is 110 Å². The molecule has 4 aliphatic rings. The fourth-order valence-electron chi connectivity index (χ4n) is 8.58. The molecule has 3 aliphatic carbocycles. The lowest BCUT2D eigenvalue weighted by Gasteiger charge is -2.37. The number of aliphatic hydroxyl groups is 1. The first-order valence-electron chi connectivity index (χ1n) is 18.4. The first-order chi connectivity index (χ1) is 23.5. The van der Waals surface area contributed by atoms with Gasteiger partial charge in [-0.1, -0.05) is 67.8 Å². The average Bonchev–Trinajstić information content (AvgIpc) is 3.79. The number of nitrogens with one attached hydrogen (secondary N) is 1. The van der Waals surface area contributed by atoms with Crippen molar-refractivity contribution in [1.29, 1.82) is 0 Å². The lowest BCUT2D eigenvalue weighted by molar-refractivity contribution is -0.124. The summed E-state index contributed by atoms with van der Waals surface area (Å²) in [4.78, 5) is 22.4. The summed E-state index contributed by atoms with van der Waals surface area (Å²) in [6, 6.07) is 21.6. The van der Waals surface area contributed by atoms with Crippen molar-refractivity contribution < 1.29 is 9.90 Å². The topological polar surface area (TPSA) is 86.0 Å². The molecule has 8 rings (SSSR count). The second-order valence-electron chi connectivity index (χ2n) is 14.7. The molecule has 0 unspecified atom stereocenters. The minimum absolute atomic E-state index is 0.194. The zero-order valence-electron chi connectivity index (χ0n) is 28.7. The zero-order valence-corrected chi connectivity index (χ0v) is 28.7. The molecule has 2 aromatic heterocycles. The molecule has 0 spiro atoms. The van der Waals surface area contributed by atoms with E-state index in [9.17, 15) is 9.90 Å². The van der Waals surface area contributed by atoms with E-state index in [1.54, 1.807) is 0 Å². The van der Waals surface area contributed by atoms with Crippen LogP contribution in [0.5, 0.6) is 0 Å². The quantitative estimate of drug-likeness (QED) is 0.140. The largest absolute Gasteiger partial charge is 0.395 e. The number of amides is 1. The number of carbonyl (C=O) groups excluding carboxylic acids is 1. The number of aryl methyl sites for hydroxylation is 2. The molecule has 4 fully saturated rings. The molecule has 254 valence electrons. The van der Waals surface area contributed by atoms with Gasteiger partial charge in [-0.15, -0.1) is 0 Å². The molecule has 4 aromatic rings. The van der Waals surface area contributed by atoms with E-state index in [2.05, 4.69) is 76.6 Å². The molecule has 1 amide bonds. The highest BCUT2D eigenvalue weighted by molar-refractivity contribution is 5.83. The highest BCUT2D eigenvalue weighted by Crippen LogP contribution is 2.60. The normalized spacial score (nSPS) is 20.7. The van der Waals surface area contributed by atoms with E-state index in [1.165, 1.54) is 50.5 Å². The lowest BCUT2D eigenvalue weighted by Crippen LogP contribution is -2.47. The first kappa shape index (κ1) is 32.8. The van der Waals surface area contributed by atoms with Gasteiger partial charge in [0.2, 0.25) is 5.91 Å². The number of aromatic nitrogens is 3. The molecule has 0 atom stereocenters. The van der Waals surface area contributed by atoms with Crippen LogP contribution in [0.15, 0.2) is 60.7 Å². The van der Waals surface area contributed by atoms with Crippen LogP contribution < -0.4 is 10.2 Å². The van der Waals surface area contributed by atoms with Crippen LogP contribution in [0, 0.1) is 18.3 Å². The number of anilines is 1. The van der Waals surface area contributed by atoms with Gasteiger partial charge in [-0.25, -0.2) is 4.98 Å². The van der Waals surface area contributed by atoms with Crippen LogP contribution in [0.25, 0.3) is 28.0 Å². The number of aliphatic hydroxyl groups excluding tert-OH is 1. The summed E-state index contributed by atoms with van der Waals surface area (Å²) >= 11 is 0. The van der Waals surface area contributed by atoms with Crippen LogP contribution in [0.2, 0.25) is 0 Å². The molecule has 1 saturated heterocycles. The van der Waals surface area contributed by atoms with Gasteiger partial charge in [-0.2, -0.15) is 9.61 Å². The number of hydrogen-bond donors (Lipinski definition) is 2. The van der Waals surface area contributed by atoms with Crippen molar-refractivity contribution >= 4 is 17.4 Å². The van der Waals surface area contributed by atoms with Crippen molar-refractivity contribution in [3.63, 3.8) is 0 Å².